The van der Waals surface area contributed by atoms with Crippen LogP contribution in [0.2, 0.25) is 0 Å². The highest BCUT2D eigenvalue weighted by Gasteiger charge is 2.00. The average Bonchev–Trinajstić information content (AvgIpc) is 1.89. The van der Waals surface area contributed by atoms with Crippen molar-refractivity contribution in [3.8, 4) is 0 Å². The molecule has 0 unspecified atom stereocenters. The van der Waals surface area contributed by atoms with Crippen molar-refractivity contribution < 1.29 is 0 Å². The predicted molar refractivity (Wildman–Crippen MR) is 43.4 cm³/mol. The molecule has 0 aromatic rings. The highest BCUT2D eigenvalue weighted by Crippen LogP contribution is 2.20. The highest BCUT2D eigenvalue weighted by molar-refractivity contribution is 7.84. The summed E-state index contributed by atoms with van der Waals surface area (Å²) in [6.45, 7) is 0.620. The van der Waals surface area contributed by atoms with Crippen molar-refractivity contribution in [3.05, 3.63) is 22.6 Å². The van der Waals surface area contributed by atoms with E-state index in [-0.39, 0.29) is 0 Å². The number of rotatable bonds is 1. The molecule has 1 aliphatic rings. The van der Waals surface area contributed by atoms with Gasteiger partial charge < -0.3 is 5.73 Å². The fraction of sp³-hybridized carbons (Fsp3) is 0.429. The minimum atomic E-state index is 0.620. The molecule has 0 amide bonds. The second-order valence-corrected chi connectivity index (χ2v) is 2.66. The van der Waals surface area contributed by atoms with Gasteiger partial charge in [0.2, 0.25) is 0 Å². The van der Waals surface area contributed by atoms with Gasteiger partial charge in [0, 0.05) is 6.54 Å². The molecule has 2 N–H and O–H groups in total. The molecule has 1 aliphatic carbocycles. The normalized spacial score (nSPS) is 18.9. The lowest BCUT2D eigenvalue weighted by Crippen LogP contribution is -2.04. The van der Waals surface area contributed by atoms with Gasteiger partial charge in [-0.2, -0.15) is 0 Å². The summed E-state index contributed by atoms with van der Waals surface area (Å²) in [6.07, 6.45) is 6.38. The van der Waals surface area contributed by atoms with Gasteiger partial charge >= 0.3 is 0 Å². The molecule has 0 fully saturated rings. The van der Waals surface area contributed by atoms with E-state index in [0.717, 1.165) is 17.7 Å². The number of hydrogen-bond acceptors (Lipinski definition) is 2. The van der Waals surface area contributed by atoms with Gasteiger partial charge in [-0.05, 0) is 23.3 Å². The second kappa shape index (κ2) is 3.08. The van der Waals surface area contributed by atoms with Crippen molar-refractivity contribution >= 4 is 12.6 Å². The maximum Gasteiger partial charge on any atom is 0.0185 e. The molecule has 0 bridgehead atoms. The number of nitrogens with two attached hydrogens (primary N) is 1. The first-order valence-electron chi connectivity index (χ1n) is 3.12. The third kappa shape index (κ3) is 1.60. The predicted octanol–water partition coefficient (Wildman–Crippen LogP) is 1.48. The first kappa shape index (κ1) is 6.90. The molecule has 0 atom stereocenters. The first-order valence-corrected chi connectivity index (χ1v) is 3.57. The maximum atomic E-state index is 5.44. The maximum absolute atomic E-state index is 5.44. The summed E-state index contributed by atoms with van der Waals surface area (Å²) in [6, 6.07) is 0. The largest absolute Gasteiger partial charge is 0.326 e. The Balaban J connectivity index is 2.72. The van der Waals surface area contributed by atoms with Gasteiger partial charge in [-0.15, -0.1) is 12.6 Å². The molecule has 0 saturated heterocycles. The molecule has 0 aliphatic heterocycles. The molecule has 0 spiro atoms. The van der Waals surface area contributed by atoms with Gasteiger partial charge in [0.1, 0.15) is 0 Å². The Morgan fingerprint density at radius 3 is 2.89 bits per heavy atom. The van der Waals surface area contributed by atoms with Gasteiger partial charge in [0.25, 0.3) is 0 Å². The van der Waals surface area contributed by atoms with Crippen molar-refractivity contribution in [2.24, 2.45) is 5.73 Å². The summed E-state index contributed by atoms with van der Waals surface area (Å²) >= 11 is 4.28. The van der Waals surface area contributed by atoms with E-state index in [1.807, 2.05) is 0 Å². The van der Waals surface area contributed by atoms with Gasteiger partial charge in [-0.25, -0.2) is 0 Å². The summed E-state index contributed by atoms with van der Waals surface area (Å²) in [7, 11) is 0. The van der Waals surface area contributed by atoms with Gasteiger partial charge in [-0.1, -0.05) is 12.2 Å². The topological polar surface area (TPSA) is 26.0 Å². The number of hydrogen-bond donors (Lipinski definition) is 2. The lowest BCUT2D eigenvalue weighted by Gasteiger charge is -2.08. The summed E-state index contributed by atoms with van der Waals surface area (Å²) in [5.74, 6) is 0. The van der Waals surface area contributed by atoms with E-state index in [1.54, 1.807) is 0 Å². The van der Waals surface area contributed by atoms with Crippen molar-refractivity contribution in [2.75, 3.05) is 6.54 Å². The molecular formula is C7H11NS. The molecule has 9 heavy (non-hydrogen) atoms. The van der Waals surface area contributed by atoms with Crippen LogP contribution in [0.3, 0.4) is 0 Å². The lowest BCUT2D eigenvalue weighted by atomic mass is 10.1. The Morgan fingerprint density at radius 2 is 2.44 bits per heavy atom. The molecule has 0 saturated carbocycles. The molecule has 1 nitrogen and oxygen atoms in total. The van der Waals surface area contributed by atoms with Crippen LogP contribution in [0.5, 0.6) is 0 Å². The highest BCUT2D eigenvalue weighted by atomic mass is 32.1. The van der Waals surface area contributed by atoms with E-state index < -0.39 is 0 Å². The molecule has 0 heterocycles. The zero-order valence-corrected chi connectivity index (χ0v) is 6.20. The van der Waals surface area contributed by atoms with E-state index >= 15 is 0 Å². The fourth-order valence-corrected chi connectivity index (χ4v) is 1.18. The van der Waals surface area contributed by atoms with Crippen LogP contribution in [0.1, 0.15) is 12.8 Å². The third-order valence-corrected chi connectivity index (χ3v) is 1.97. The Morgan fingerprint density at radius 1 is 1.67 bits per heavy atom. The van der Waals surface area contributed by atoms with E-state index in [4.69, 9.17) is 5.73 Å². The zero-order chi connectivity index (χ0) is 6.69. The van der Waals surface area contributed by atoms with Crippen molar-refractivity contribution in [1.82, 2.24) is 0 Å². The van der Waals surface area contributed by atoms with Gasteiger partial charge in [0.15, 0.2) is 0 Å². The van der Waals surface area contributed by atoms with E-state index in [2.05, 4.69) is 24.8 Å². The Labute approximate surface area is 61.0 Å². The molecular weight excluding hydrogens is 130 g/mol. The van der Waals surface area contributed by atoms with E-state index in [9.17, 15) is 0 Å². The van der Waals surface area contributed by atoms with Crippen molar-refractivity contribution in [2.45, 2.75) is 12.8 Å². The van der Waals surface area contributed by atoms with Crippen molar-refractivity contribution in [3.63, 3.8) is 0 Å². The molecule has 2 heteroatoms. The van der Waals surface area contributed by atoms with Crippen LogP contribution < -0.4 is 5.73 Å². The Hall–Kier alpha value is -0.210. The average molecular weight is 141 g/mol. The Bertz CT molecular complexity index is 158. The monoisotopic (exact) mass is 141 g/mol. The SMILES string of the molecule is NCC1=C(S)CCC=C1. The van der Waals surface area contributed by atoms with Crippen LogP contribution in [0.25, 0.3) is 0 Å². The second-order valence-electron chi connectivity index (χ2n) is 2.12. The van der Waals surface area contributed by atoms with Crippen LogP contribution in [-0.2, 0) is 0 Å². The molecule has 50 valence electrons. The molecule has 1 rings (SSSR count). The van der Waals surface area contributed by atoms with E-state index in [1.165, 1.54) is 5.57 Å². The summed E-state index contributed by atoms with van der Waals surface area (Å²) in [5, 5.41) is 0. The number of allylic oxidation sites excluding steroid dienone is 2. The summed E-state index contributed by atoms with van der Waals surface area (Å²) in [5.41, 5.74) is 6.62. The van der Waals surface area contributed by atoms with Crippen molar-refractivity contribution in [1.29, 1.82) is 0 Å². The van der Waals surface area contributed by atoms with Crippen LogP contribution in [0, 0.1) is 0 Å². The summed E-state index contributed by atoms with van der Waals surface area (Å²) in [4.78, 5) is 1.15. The lowest BCUT2D eigenvalue weighted by molar-refractivity contribution is 0.981. The first-order chi connectivity index (χ1) is 4.34. The Kier molecular flexibility index (Phi) is 2.37. The van der Waals surface area contributed by atoms with E-state index in [0.29, 0.717) is 6.54 Å². The van der Waals surface area contributed by atoms with Gasteiger partial charge in [-0.3, -0.25) is 0 Å². The summed E-state index contributed by atoms with van der Waals surface area (Å²) < 4.78 is 0. The van der Waals surface area contributed by atoms with Crippen LogP contribution in [-0.4, -0.2) is 6.54 Å². The molecule has 0 radical (unpaired) electrons. The van der Waals surface area contributed by atoms with Gasteiger partial charge in [0.05, 0.1) is 0 Å². The minimum absolute atomic E-state index is 0.620. The standard InChI is InChI=1S/C7H11NS/c8-5-6-3-1-2-4-7(6)9/h1,3,9H,2,4-5,8H2. The third-order valence-electron chi connectivity index (χ3n) is 1.46. The quantitative estimate of drug-likeness (QED) is 0.531. The van der Waals surface area contributed by atoms with Crippen LogP contribution in [0.4, 0.5) is 0 Å². The van der Waals surface area contributed by atoms with Crippen LogP contribution in [0.15, 0.2) is 22.6 Å². The molecule has 0 aromatic carbocycles. The molecule has 0 aromatic heterocycles. The smallest absolute Gasteiger partial charge is 0.0185 e. The zero-order valence-electron chi connectivity index (χ0n) is 5.30. The van der Waals surface area contributed by atoms with Crippen LogP contribution >= 0.6 is 12.6 Å². The minimum Gasteiger partial charge on any atom is -0.326 e. The number of thiol groups is 1. The fourth-order valence-electron chi connectivity index (χ4n) is 0.888.